The lowest BCUT2D eigenvalue weighted by Gasteiger charge is -2.23. The Morgan fingerprint density at radius 3 is 2.47 bits per heavy atom. The minimum absolute atomic E-state index is 0.0335. The Balaban J connectivity index is 2.22. The third-order valence-corrected chi connectivity index (χ3v) is 4.66. The molecule has 0 saturated carbocycles. The molecule has 182 valence electrons. The Bertz CT molecular complexity index is 1300. The van der Waals surface area contributed by atoms with Crippen molar-refractivity contribution in [2.24, 2.45) is 0 Å². The Hall–Kier alpha value is -3.34. The first-order valence-corrected chi connectivity index (χ1v) is 10.3. The standard InChI is InChI=1S/C22H20ClF4N3O4/c1-11(28-20(32)34-21(2,3)4)18-29-16-7-5-6-15(23)17(16)19(31)30(18)13-8-12(24)9-14(10-13)33-22(25,26)27/h5-11H,1-4H3,(H,28,32)/t11-/m0/s1. The largest absolute Gasteiger partial charge is 0.573 e. The van der Waals surface area contributed by atoms with Gasteiger partial charge in [-0.25, -0.2) is 14.2 Å². The van der Waals surface area contributed by atoms with Crippen LogP contribution in [0.15, 0.2) is 41.2 Å². The van der Waals surface area contributed by atoms with Gasteiger partial charge in [-0.1, -0.05) is 17.7 Å². The van der Waals surface area contributed by atoms with Crippen LogP contribution in [-0.4, -0.2) is 27.6 Å². The fourth-order valence-corrected chi connectivity index (χ4v) is 3.42. The van der Waals surface area contributed by atoms with Crippen molar-refractivity contribution in [2.45, 2.75) is 45.7 Å². The SMILES string of the molecule is C[C@H](NC(=O)OC(C)(C)C)c1nc2cccc(Cl)c2c(=O)n1-c1cc(F)cc(OC(F)(F)F)c1. The molecule has 0 bridgehead atoms. The lowest BCUT2D eigenvalue weighted by atomic mass is 10.2. The lowest BCUT2D eigenvalue weighted by Crippen LogP contribution is -2.37. The molecule has 0 aliphatic rings. The molecule has 0 spiro atoms. The summed E-state index contributed by atoms with van der Waals surface area (Å²) in [5, 5.41) is 2.51. The van der Waals surface area contributed by atoms with Crippen LogP contribution in [0, 0.1) is 5.82 Å². The van der Waals surface area contributed by atoms with Gasteiger partial charge >= 0.3 is 12.5 Å². The van der Waals surface area contributed by atoms with E-state index in [9.17, 15) is 27.2 Å². The summed E-state index contributed by atoms with van der Waals surface area (Å²) in [5.41, 5.74) is -1.75. The Morgan fingerprint density at radius 2 is 1.85 bits per heavy atom. The van der Waals surface area contributed by atoms with E-state index in [-0.39, 0.29) is 27.4 Å². The first kappa shape index (κ1) is 25.3. The number of benzene rings is 2. The van der Waals surface area contributed by atoms with Crippen LogP contribution in [0.4, 0.5) is 22.4 Å². The number of hydrogen-bond acceptors (Lipinski definition) is 5. The zero-order valence-electron chi connectivity index (χ0n) is 18.5. The number of amides is 1. The van der Waals surface area contributed by atoms with Gasteiger partial charge in [0.15, 0.2) is 0 Å². The van der Waals surface area contributed by atoms with Crippen molar-refractivity contribution >= 4 is 28.6 Å². The van der Waals surface area contributed by atoms with Crippen LogP contribution in [0.3, 0.4) is 0 Å². The molecule has 3 aromatic rings. The van der Waals surface area contributed by atoms with Gasteiger partial charge in [0, 0.05) is 12.1 Å². The van der Waals surface area contributed by atoms with Gasteiger partial charge < -0.3 is 14.8 Å². The summed E-state index contributed by atoms with van der Waals surface area (Å²) in [6.45, 7) is 6.43. The predicted octanol–water partition coefficient (Wildman–Crippen LogP) is 5.66. The van der Waals surface area contributed by atoms with E-state index in [1.807, 2.05) is 0 Å². The molecule has 0 aliphatic carbocycles. The topological polar surface area (TPSA) is 82.5 Å². The molecule has 0 radical (unpaired) electrons. The van der Waals surface area contributed by atoms with E-state index in [0.29, 0.717) is 6.07 Å². The van der Waals surface area contributed by atoms with Crippen molar-refractivity contribution in [3.63, 3.8) is 0 Å². The normalized spacial score (nSPS) is 13.0. The highest BCUT2D eigenvalue weighted by molar-refractivity contribution is 6.35. The van der Waals surface area contributed by atoms with E-state index in [4.69, 9.17) is 16.3 Å². The molecule has 1 amide bonds. The quantitative estimate of drug-likeness (QED) is 0.466. The van der Waals surface area contributed by atoms with E-state index in [1.165, 1.54) is 19.1 Å². The number of nitrogens with zero attached hydrogens (tertiary/aromatic N) is 2. The van der Waals surface area contributed by atoms with Crippen LogP contribution in [0.5, 0.6) is 5.75 Å². The molecule has 0 aliphatic heterocycles. The van der Waals surface area contributed by atoms with Crippen LogP contribution in [0.1, 0.15) is 39.6 Å². The van der Waals surface area contributed by atoms with E-state index >= 15 is 0 Å². The Kier molecular flexibility index (Phi) is 6.79. The molecular formula is C22H20ClF4N3O4. The number of alkyl carbamates (subject to hydrolysis) is 1. The Labute approximate surface area is 196 Å². The number of aromatic nitrogens is 2. The number of rotatable bonds is 4. The highest BCUT2D eigenvalue weighted by atomic mass is 35.5. The average Bonchev–Trinajstić information content (AvgIpc) is 2.64. The number of alkyl halides is 3. The van der Waals surface area contributed by atoms with Crippen molar-refractivity contribution in [1.82, 2.24) is 14.9 Å². The number of fused-ring (bicyclic) bond motifs is 1. The number of halogens is 5. The van der Waals surface area contributed by atoms with E-state index < -0.39 is 41.2 Å². The second kappa shape index (κ2) is 9.13. The first-order chi connectivity index (χ1) is 15.6. The fraction of sp³-hybridized carbons (Fsp3) is 0.318. The number of nitrogens with one attached hydrogen (secondary N) is 1. The first-order valence-electron chi connectivity index (χ1n) is 9.92. The highest BCUT2D eigenvalue weighted by Crippen LogP contribution is 2.28. The van der Waals surface area contributed by atoms with Gasteiger partial charge in [0.2, 0.25) is 0 Å². The second-order valence-corrected chi connectivity index (χ2v) is 8.71. The van der Waals surface area contributed by atoms with E-state index in [1.54, 1.807) is 26.8 Å². The average molecular weight is 502 g/mol. The minimum Gasteiger partial charge on any atom is -0.444 e. The molecule has 2 aromatic carbocycles. The van der Waals surface area contributed by atoms with Crippen molar-refractivity contribution in [1.29, 1.82) is 0 Å². The summed E-state index contributed by atoms with van der Waals surface area (Å²) in [5.74, 6) is -2.08. The summed E-state index contributed by atoms with van der Waals surface area (Å²) < 4.78 is 62.3. The van der Waals surface area contributed by atoms with Gasteiger partial charge in [-0.2, -0.15) is 0 Å². The third-order valence-electron chi connectivity index (χ3n) is 4.34. The molecule has 34 heavy (non-hydrogen) atoms. The smallest absolute Gasteiger partial charge is 0.444 e. The highest BCUT2D eigenvalue weighted by Gasteiger charge is 2.32. The molecular weight excluding hydrogens is 482 g/mol. The number of carbonyl (C=O) groups is 1. The van der Waals surface area contributed by atoms with Gasteiger partial charge in [0.1, 0.15) is 23.0 Å². The van der Waals surface area contributed by atoms with Gasteiger partial charge in [-0.3, -0.25) is 9.36 Å². The maximum absolute atomic E-state index is 14.2. The summed E-state index contributed by atoms with van der Waals surface area (Å²) in [6.07, 6.45) is -5.91. The molecule has 0 fully saturated rings. The van der Waals surface area contributed by atoms with Gasteiger partial charge in [-0.15, -0.1) is 13.2 Å². The van der Waals surface area contributed by atoms with E-state index in [0.717, 1.165) is 16.7 Å². The van der Waals surface area contributed by atoms with E-state index in [2.05, 4.69) is 15.0 Å². The molecule has 1 heterocycles. The van der Waals surface area contributed by atoms with Crippen LogP contribution in [-0.2, 0) is 4.74 Å². The van der Waals surface area contributed by atoms with Gasteiger partial charge in [0.25, 0.3) is 5.56 Å². The van der Waals surface area contributed by atoms with Crippen LogP contribution in [0.2, 0.25) is 5.02 Å². The molecule has 0 saturated heterocycles. The maximum atomic E-state index is 14.2. The second-order valence-electron chi connectivity index (χ2n) is 8.31. The van der Waals surface area contributed by atoms with Crippen molar-refractivity contribution < 1.29 is 31.8 Å². The summed E-state index contributed by atoms with van der Waals surface area (Å²) >= 11 is 6.17. The summed E-state index contributed by atoms with van der Waals surface area (Å²) in [7, 11) is 0. The molecule has 1 aromatic heterocycles. The maximum Gasteiger partial charge on any atom is 0.573 e. The van der Waals surface area contributed by atoms with Crippen LogP contribution in [0.25, 0.3) is 16.6 Å². The fourth-order valence-electron chi connectivity index (χ4n) is 3.17. The van der Waals surface area contributed by atoms with Crippen molar-refractivity contribution in [2.75, 3.05) is 0 Å². The van der Waals surface area contributed by atoms with Gasteiger partial charge in [-0.05, 0) is 45.9 Å². The van der Waals surface area contributed by atoms with Crippen molar-refractivity contribution in [3.8, 4) is 11.4 Å². The minimum atomic E-state index is -5.09. The number of ether oxygens (including phenoxy) is 2. The molecule has 0 unspecified atom stereocenters. The predicted molar refractivity (Wildman–Crippen MR) is 117 cm³/mol. The number of carbonyl (C=O) groups excluding carboxylic acids is 1. The molecule has 7 nitrogen and oxygen atoms in total. The summed E-state index contributed by atoms with van der Waals surface area (Å²) in [6, 6.07) is 5.68. The third kappa shape index (κ3) is 5.96. The number of hydrogen-bond donors (Lipinski definition) is 1. The molecule has 3 rings (SSSR count). The molecule has 1 atom stereocenters. The zero-order valence-corrected chi connectivity index (χ0v) is 19.2. The molecule has 1 N–H and O–H groups in total. The zero-order chi connectivity index (χ0) is 25.4. The Morgan fingerprint density at radius 1 is 1.18 bits per heavy atom. The molecule has 12 heteroatoms. The lowest BCUT2D eigenvalue weighted by molar-refractivity contribution is -0.274. The summed E-state index contributed by atoms with van der Waals surface area (Å²) in [4.78, 5) is 30.1. The van der Waals surface area contributed by atoms with Crippen molar-refractivity contribution in [3.05, 3.63) is 63.4 Å². The van der Waals surface area contributed by atoms with Gasteiger partial charge in [0.05, 0.1) is 27.7 Å². The monoisotopic (exact) mass is 501 g/mol. The van der Waals surface area contributed by atoms with Crippen LogP contribution < -0.4 is 15.6 Å². The van der Waals surface area contributed by atoms with Crippen LogP contribution >= 0.6 is 11.6 Å².